The first kappa shape index (κ1) is 11.2. The summed E-state index contributed by atoms with van der Waals surface area (Å²) in [5.41, 5.74) is 1.10. The number of aromatic nitrogens is 2. The number of nitrogens with one attached hydrogen (secondary N) is 1. The minimum atomic E-state index is -0.104. The summed E-state index contributed by atoms with van der Waals surface area (Å²) >= 11 is 1.72. The quantitative estimate of drug-likeness (QED) is 0.897. The fourth-order valence-corrected chi connectivity index (χ4v) is 3.19. The number of carbonyl (C=O) groups excluding carboxylic acids is 1. The van der Waals surface area contributed by atoms with E-state index in [2.05, 4.69) is 21.4 Å². The van der Waals surface area contributed by atoms with Gasteiger partial charge >= 0.3 is 0 Å². The largest absolute Gasteiger partial charge is 0.309 e. The third kappa shape index (κ3) is 2.09. The van der Waals surface area contributed by atoms with E-state index in [1.165, 1.54) is 4.90 Å². The average molecular weight is 257 g/mol. The first-order valence-corrected chi connectivity index (χ1v) is 6.62. The lowest BCUT2D eigenvalue weighted by Crippen LogP contribution is -2.21. The lowest BCUT2D eigenvalue weighted by atomic mass is 10.0. The molecular formula is C13H11N3OS. The highest BCUT2D eigenvalue weighted by molar-refractivity contribution is 7.99. The van der Waals surface area contributed by atoms with Crippen molar-refractivity contribution in [3.63, 3.8) is 0 Å². The van der Waals surface area contributed by atoms with Gasteiger partial charge < -0.3 is 5.32 Å². The van der Waals surface area contributed by atoms with Crippen molar-refractivity contribution in [3.8, 4) is 0 Å². The molecule has 1 aliphatic rings. The number of hydrogen-bond donors (Lipinski definition) is 1. The van der Waals surface area contributed by atoms with Crippen molar-refractivity contribution in [2.45, 2.75) is 10.8 Å². The second-order valence-electron chi connectivity index (χ2n) is 3.98. The highest BCUT2D eigenvalue weighted by atomic mass is 32.2. The molecule has 1 aromatic carbocycles. The Hall–Kier alpha value is -1.88. The Morgan fingerprint density at radius 2 is 2.22 bits per heavy atom. The first-order valence-electron chi connectivity index (χ1n) is 5.63. The van der Waals surface area contributed by atoms with Gasteiger partial charge in [-0.1, -0.05) is 18.2 Å². The zero-order chi connectivity index (χ0) is 12.4. The lowest BCUT2D eigenvalue weighted by Gasteiger charge is -2.10. The number of fused-ring (bicyclic) bond motifs is 1. The molecule has 2 aromatic rings. The molecule has 0 fully saturated rings. The van der Waals surface area contributed by atoms with E-state index in [9.17, 15) is 4.79 Å². The molecule has 18 heavy (non-hydrogen) atoms. The maximum absolute atomic E-state index is 12.2. The van der Waals surface area contributed by atoms with Crippen LogP contribution in [0.1, 0.15) is 11.5 Å². The number of anilines is 1. The number of carbonyl (C=O) groups is 1. The Labute approximate surface area is 109 Å². The van der Waals surface area contributed by atoms with Crippen molar-refractivity contribution in [1.82, 2.24) is 9.97 Å². The van der Waals surface area contributed by atoms with Crippen LogP contribution in [0.4, 0.5) is 5.82 Å². The van der Waals surface area contributed by atoms with Gasteiger partial charge in [0.15, 0.2) is 5.82 Å². The first-order chi connectivity index (χ1) is 8.84. The molecule has 0 bridgehead atoms. The van der Waals surface area contributed by atoms with Crippen molar-refractivity contribution < 1.29 is 4.79 Å². The molecule has 1 aliphatic heterocycles. The van der Waals surface area contributed by atoms with Crippen LogP contribution in [-0.4, -0.2) is 21.6 Å². The number of benzene rings is 1. The summed E-state index contributed by atoms with van der Waals surface area (Å²) in [5, 5.41) is 2.80. The number of rotatable bonds is 2. The predicted octanol–water partition coefficient (Wildman–Crippen LogP) is 2.30. The van der Waals surface area contributed by atoms with Crippen LogP contribution >= 0.6 is 11.8 Å². The monoisotopic (exact) mass is 257 g/mol. The molecule has 3 rings (SSSR count). The summed E-state index contributed by atoms with van der Waals surface area (Å²) in [6.07, 6.45) is 4.69. The molecule has 0 saturated carbocycles. The van der Waals surface area contributed by atoms with Crippen LogP contribution in [0.5, 0.6) is 0 Å². The normalized spacial score (nSPS) is 17.2. The van der Waals surface area contributed by atoms with E-state index >= 15 is 0 Å². The molecule has 1 atom stereocenters. The minimum Gasteiger partial charge on any atom is -0.309 e. The van der Waals surface area contributed by atoms with Gasteiger partial charge in [-0.3, -0.25) is 9.78 Å². The summed E-state index contributed by atoms with van der Waals surface area (Å²) in [7, 11) is 0. The zero-order valence-corrected chi connectivity index (χ0v) is 10.4. The zero-order valence-electron chi connectivity index (χ0n) is 9.54. The number of nitrogens with zero attached hydrogens (tertiary/aromatic N) is 2. The third-order valence-corrected chi connectivity index (χ3v) is 4.01. The second-order valence-corrected chi connectivity index (χ2v) is 5.04. The Balaban J connectivity index is 1.79. The Morgan fingerprint density at radius 3 is 3.06 bits per heavy atom. The van der Waals surface area contributed by atoms with Crippen LogP contribution in [0, 0.1) is 0 Å². The fourth-order valence-electron chi connectivity index (χ4n) is 1.96. The molecular weight excluding hydrogens is 246 g/mol. The second kappa shape index (κ2) is 4.78. The Morgan fingerprint density at radius 1 is 1.33 bits per heavy atom. The minimum absolute atomic E-state index is 0.0204. The summed E-state index contributed by atoms with van der Waals surface area (Å²) in [4.78, 5) is 21.3. The maximum atomic E-state index is 12.2. The molecule has 0 unspecified atom stereocenters. The van der Waals surface area contributed by atoms with Crippen molar-refractivity contribution >= 4 is 23.5 Å². The van der Waals surface area contributed by atoms with E-state index in [-0.39, 0.29) is 11.8 Å². The number of amides is 1. The van der Waals surface area contributed by atoms with E-state index in [1.54, 1.807) is 30.4 Å². The third-order valence-electron chi connectivity index (χ3n) is 2.83. The van der Waals surface area contributed by atoms with Crippen LogP contribution < -0.4 is 5.32 Å². The Bertz CT molecular complexity index is 573. The summed E-state index contributed by atoms with van der Waals surface area (Å²) in [6, 6.07) is 8.02. The molecule has 1 N–H and O–H groups in total. The SMILES string of the molecule is O=C(Nc1cnccn1)[C@@H]1CSc2ccccc21. The molecule has 1 aromatic heterocycles. The molecule has 90 valence electrons. The van der Waals surface area contributed by atoms with Gasteiger partial charge in [0.25, 0.3) is 0 Å². The fraction of sp³-hybridized carbons (Fsp3) is 0.154. The molecule has 5 heteroatoms. The molecule has 0 spiro atoms. The number of thioether (sulfide) groups is 1. The summed E-state index contributed by atoms with van der Waals surface area (Å²) in [5.74, 6) is 1.16. The van der Waals surface area contributed by atoms with Crippen molar-refractivity contribution in [2.24, 2.45) is 0 Å². The predicted molar refractivity (Wildman–Crippen MR) is 70.6 cm³/mol. The standard InChI is InChI=1S/C13H11N3OS/c17-13(16-12-7-14-5-6-15-12)10-8-18-11-4-2-1-3-9(10)11/h1-7,10H,8H2,(H,15,16,17)/t10-/m1/s1. The van der Waals surface area contributed by atoms with Gasteiger partial charge in [0.05, 0.1) is 12.1 Å². The molecule has 4 nitrogen and oxygen atoms in total. The van der Waals surface area contributed by atoms with Crippen molar-refractivity contribution in [1.29, 1.82) is 0 Å². The van der Waals surface area contributed by atoms with Crippen molar-refractivity contribution in [3.05, 3.63) is 48.4 Å². The van der Waals surface area contributed by atoms with Gasteiger partial charge in [-0.25, -0.2) is 4.98 Å². The lowest BCUT2D eigenvalue weighted by molar-refractivity contribution is -0.117. The topological polar surface area (TPSA) is 54.9 Å². The Kier molecular flexibility index (Phi) is 2.98. The van der Waals surface area contributed by atoms with Gasteiger partial charge in [0, 0.05) is 23.0 Å². The average Bonchev–Trinajstić information content (AvgIpc) is 2.84. The van der Waals surface area contributed by atoms with Crippen LogP contribution in [0.25, 0.3) is 0 Å². The van der Waals surface area contributed by atoms with Gasteiger partial charge in [0.2, 0.25) is 5.91 Å². The van der Waals surface area contributed by atoms with Crippen LogP contribution in [0.15, 0.2) is 47.8 Å². The smallest absolute Gasteiger partial charge is 0.234 e. The van der Waals surface area contributed by atoms with Gasteiger partial charge in [0.1, 0.15) is 0 Å². The van der Waals surface area contributed by atoms with E-state index in [0.29, 0.717) is 5.82 Å². The molecule has 1 amide bonds. The van der Waals surface area contributed by atoms with E-state index in [4.69, 9.17) is 0 Å². The van der Waals surface area contributed by atoms with Crippen molar-refractivity contribution in [2.75, 3.05) is 11.1 Å². The van der Waals surface area contributed by atoms with Crippen LogP contribution in [0.3, 0.4) is 0 Å². The van der Waals surface area contributed by atoms with Crippen LogP contribution in [-0.2, 0) is 4.79 Å². The highest BCUT2D eigenvalue weighted by Crippen LogP contribution is 2.39. The van der Waals surface area contributed by atoms with Crippen LogP contribution in [0.2, 0.25) is 0 Å². The van der Waals surface area contributed by atoms with E-state index in [0.717, 1.165) is 11.3 Å². The highest BCUT2D eigenvalue weighted by Gasteiger charge is 2.29. The summed E-state index contributed by atoms with van der Waals surface area (Å²) < 4.78 is 0. The van der Waals surface area contributed by atoms with E-state index in [1.807, 2.05) is 18.2 Å². The van der Waals surface area contributed by atoms with Gasteiger partial charge in [-0.05, 0) is 11.6 Å². The van der Waals surface area contributed by atoms with Gasteiger partial charge in [-0.2, -0.15) is 0 Å². The molecule has 0 saturated heterocycles. The molecule has 2 heterocycles. The van der Waals surface area contributed by atoms with E-state index < -0.39 is 0 Å². The van der Waals surface area contributed by atoms with Gasteiger partial charge in [-0.15, -0.1) is 11.8 Å². The number of hydrogen-bond acceptors (Lipinski definition) is 4. The summed E-state index contributed by atoms with van der Waals surface area (Å²) in [6.45, 7) is 0. The molecule has 0 radical (unpaired) electrons. The maximum Gasteiger partial charge on any atom is 0.234 e. The molecule has 0 aliphatic carbocycles.